The molecular formula is C39H29N5. The molecule has 0 amide bonds. The van der Waals surface area contributed by atoms with Gasteiger partial charge in [-0.1, -0.05) is 115 Å². The van der Waals surface area contributed by atoms with Crippen LogP contribution < -0.4 is 0 Å². The fourth-order valence-corrected chi connectivity index (χ4v) is 5.47. The minimum Gasteiger partial charge on any atom is -0.307 e. The zero-order chi connectivity index (χ0) is 29.7. The molecule has 0 radical (unpaired) electrons. The molecule has 3 aromatic heterocycles. The van der Waals surface area contributed by atoms with E-state index in [0.717, 1.165) is 49.9 Å². The minimum atomic E-state index is 0.663. The normalized spacial score (nSPS) is 10.8. The van der Waals surface area contributed by atoms with Crippen LogP contribution in [0.4, 0.5) is 0 Å². The number of rotatable bonds is 4. The van der Waals surface area contributed by atoms with Crippen molar-refractivity contribution in [2.24, 2.45) is 0 Å². The maximum atomic E-state index is 4.85. The van der Waals surface area contributed by atoms with Crippen LogP contribution in [-0.4, -0.2) is 24.5 Å². The van der Waals surface area contributed by atoms with Gasteiger partial charge < -0.3 is 4.57 Å². The van der Waals surface area contributed by atoms with Gasteiger partial charge in [0.1, 0.15) is 5.82 Å². The van der Waals surface area contributed by atoms with Gasteiger partial charge in [0, 0.05) is 39.3 Å². The highest BCUT2D eigenvalue weighted by Crippen LogP contribution is 2.38. The molecule has 210 valence electrons. The van der Waals surface area contributed by atoms with Crippen molar-refractivity contribution in [2.75, 3.05) is 0 Å². The van der Waals surface area contributed by atoms with Gasteiger partial charge in [0.2, 0.25) is 0 Å². The standard InChI is InChI=1S/C33H23N5.C6H6/c1-22-35-32(24-13-7-3-8-14-24)37-33(36-22)25-17-18-29-28(21-25)27-19-20-34-30(23-11-5-2-6-12-23)31(27)38(29)26-15-9-4-10-16-26;1-2-4-6-5-3-1/h2-21H,1H3;1-6H. The molecule has 0 fully saturated rings. The Kier molecular flexibility index (Phi) is 7.42. The summed E-state index contributed by atoms with van der Waals surface area (Å²) in [6.07, 6.45) is 1.90. The Hall–Kier alpha value is -5.94. The van der Waals surface area contributed by atoms with Crippen molar-refractivity contribution in [1.29, 1.82) is 0 Å². The predicted octanol–water partition coefficient (Wildman–Crippen LogP) is 9.36. The molecule has 5 aromatic carbocycles. The fourth-order valence-electron chi connectivity index (χ4n) is 5.47. The molecule has 0 aliphatic rings. The van der Waals surface area contributed by atoms with Gasteiger partial charge in [0.05, 0.1) is 16.7 Å². The van der Waals surface area contributed by atoms with Crippen molar-refractivity contribution >= 4 is 21.8 Å². The molecule has 0 saturated heterocycles. The zero-order valence-electron chi connectivity index (χ0n) is 24.2. The number of aryl methyl sites for hydroxylation is 1. The van der Waals surface area contributed by atoms with Gasteiger partial charge in [-0.2, -0.15) is 0 Å². The lowest BCUT2D eigenvalue weighted by Gasteiger charge is -2.11. The highest BCUT2D eigenvalue weighted by Gasteiger charge is 2.19. The summed E-state index contributed by atoms with van der Waals surface area (Å²) in [5.74, 6) is 2.03. The quantitative estimate of drug-likeness (QED) is 0.213. The average Bonchev–Trinajstić information content (AvgIpc) is 3.44. The lowest BCUT2D eigenvalue weighted by molar-refractivity contribution is 0.992. The van der Waals surface area contributed by atoms with Crippen LogP contribution in [0.1, 0.15) is 5.82 Å². The maximum Gasteiger partial charge on any atom is 0.163 e. The summed E-state index contributed by atoms with van der Waals surface area (Å²) in [5.41, 5.74) is 7.23. The summed E-state index contributed by atoms with van der Waals surface area (Å²) in [7, 11) is 0. The Morgan fingerprint density at radius 3 is 1.66 bits per heavy atom. The second kappa shape index (κ2) is 12.1. The van der Waals surface area contributed by atoms with E-state index < -0.39 is 0 Å². The summed E-state index contributed by atoms with van der Waals surface area (Å²) in [6, 6.07) is 51.4. The molecule has 0 N–H and O–H groups in total. The monoisotopic (exact) mass is 567 g/mol. The third-order valence-electron chi connectivity index (χ3n) is 7.44. The van der Waals surface area contributed by atoms with Crippen LogP contribution in [0, 0.1) is 6.92 Å². The Balaban J connectivity index is 0.000000468. The Bertz CT molecular complexity index is 2130. The minimum absolute atomic E-state index is 0.663. The van der Waals surface area contributed by atoms with Crippen molar-refractivity contribution < 1.29 is 0 Å². The van der Waals surface area contributed by atoms with Gasteiger partial charge in [-0.3, -0.25) is 4.98 Å². The molecule has 0 aliphatic heterocycles. The molecular weight excluding hydrogens is 538 g/mol. The predicted molar refractivity (Wildman–Crippen MR) is 179 cm³/mol. The summed E-state index contributed by atoms with van der Waals surface area (Å²) in [5, 5.41) is 2.26. The molecule has 0 bridgehead atoms. The highest BCUT2D eigenvalue weighted by atomic mass is 15.0. The summed E-state index contributed by atoms with van der Waals surface area (Å²) in [6.45, 7) is 1.91. The molecule has 44 heavy (non-hydrogen) atoms. The van der Waals surface area contributed by atoms with Crippen LogP contribution in [-0.2, 0) is 0 Å². The fraction of sp³-hybridized carbons (Fsp3) is 0.0256. The van der Waals surface area contributed by atoms with Gasteiger partial charge in [-0.25, -0.2) is 15.0 Å². The molecule has 0 unspecified atom stereocenters. The number of aromatic nitrogens is 5. The third kappa shape index (κ3) is 5.35. The smallest absolute Gasteiger partial charge is 0.163 e. The largest absolute Gasteiger partial charge is 0.307 e. The molecule has 3 heterocycles. The Morgan fingerprint density at radius 2 is 1.02 bits per heavy atom. The average molecular weight is 568 g/mol. The van der Waals surface area contributed by atoms with Gasteiger partial charge in [0.25, 0.3) is 0 Å². The van der Waals surface area contributed by atoms with Crippen molar-refractivity contribution in [2.45, 2.75) is 6.92 Å². The summed E-state index contributed by atoms with van der Waals surface area (Å²) in [4.78, 5) is 19.0. The Labute approximate surface area is 256 Å². The van der Waals surface area contributed by atoms with E-state index in [2.05, 4.69) is 82.3 Å². The van der Waals surface area contributed by atoms with E-state index in [0.29, 0.717) is 17.5 Å². The van der Waals surface area contributed by atoms with E-state index in [1.165, 1.54) is 0 Å². The highest BCUT2D eigenvalue weighted by molar-refractivity contribution is 6.13. The first-order chi connectivity index (χ1) is 21.8. The molecule has 0 atom stereocenters. The van der Waals surface area contributed by atoms with E-state index >= 15 is 0 Å². The number of benzene rings is 5. The first-order valence-electron chi connectivity index (χ1n) is 14.6. The molecule has 8 aromatic rings. The molecule has 0 saturated carbocycles. The van der Waals surface area contributed by atoms with E-state index in [1.54, 1.807) is 0 Å². The van der Waals surface area contributed by atoms with Crippen LogP contribution in [0.25, 0.3) is 61.5 Å². The molecule has 8 rings (SSSR count). The number of fused-ring (bicyclic) bond motifs is 3. The van der Waals surface area contributed by atoms with Gasteiger partial charge >= 0.3 is 0 Å². The van der Waals surface area contributed by atoms with Crippen LogP contribution in [0.15, 0.2) is 158 Å². The second-order valence-corrected chi connectivity index (χ2v) is 10.4. The summed E-state index contributed by atoms with van der Waals surface area (Å²) < 4.78 is 2.30. The number of pyridine rings is 1. The lowest BCUT2D eigenvalue weighted by Crippen LogP contribution is -1.99. The van der Waals surface area contributed by atoms with E-state index in [4.69, 9.17) is 15.0 Å². The van der Waals surface area contributed by atoms with E-state index in [9.17, 15) is 0 Å². The number of hydrogen-bond donors (Lipinski definition) is 0. The van der Waals surface area contributed by atoms with Crippen LogP contribution in [0.2, 0.25) is 0 Å². The molecule has 5 nitrogen and oxygen atoms in total. The third-order valence-corrected chi connectivity index (χ3v) is 7.44. The first kappa shape index (κ1) is 26.9. The number of nitrogens with zero attached hydrogens (tertiary/aromatic N) is 5. The van der Waals surface area contributed by atoms with E-state index in [1.807, 2.05) is 92.0 Å². The maximum absolute atomic E-state index is 4.85. The Morgan fingerprint density at radius 1 is 0.477 bits per heavy atom. The van der Waals surface area contributed by atoms with Crippen LogP contribution in [0.5, 0.6) is 0 Å². The SMILES string of the molecule is Cc1nc(-c2ccccc2)nc(-c2ccc3c(c2)c2ccnc(-c4ccccc4)c2n3-c2ccccc2)n1.c1ccccc1. The van der Waals surface area contributed by atoms with E-state index in [-0.39, 0.29) is 0 Å². The van der Waals surface area contributed by atoms with Gasteiger partial charge in [-0.15, -0.1) is 0 Å². The zero-order valence-corrected chi connectivity index (χ0v) is 24.2. The van der Waals surface area contributed by atoms with Crippen molar-refractivity contribution in [3.8, 4) is 39.7 Å². The molecule has 0 spiro atoms. The topological polar surface area (TPSA) is 56.5 Å². The van der Waals surface area contributed by atoms with Crippen LogP contribution >= 0.6 is 0 Å². The number of para-hydroxylation sites is 1. The van der Waals surface area contributed by atoms with Crippen molar-refractivity contribution in [3.05, 3.63) is 164 Å². The van der Waals surface area contributed by atoms with Gasteiger partial charge in [0.15, 0.2) is 11.6 Å². The van der Waals surface area contributed by atoms with Gasteiger partial charge in [-0.05, 0) is 43.3 Å². The molecule has 0 aliphatic carbocycles. The second-order valence-electron chi connectivity index (χ2n) is 10.4. The first-order valence-corrected chi connectivity index (χ1v) is 14.6. The summed E-state index contributed by atoms with van der Waals surface area (Å²) >= 11 is 0. The van der Waals surface area contributed by atoms with Crippen LogP contribution in [0.3, 0.4) is 0 Å². The number of hydrogen-bond acceptors (Lipinski definition) is 4. The van der Waals surface area contributed by atoms with Crippen molar-refractivity contribution in [1.82, 2.24) is 24.5 Å². The van der Waals surface area contributed by atoms with Crippen molar-refractivity contribution in [3.63, 3.8) is 0 Å². The molecule has 5 heteroatoms. The lowest BCUT2D eigenvalue weighted by atomic mass is 10.1.